The first kappa shape index (κ1) is 27.1. The zero-order valence-corrected chi connectivity index (χ0v) is 22.4. The molecule has 6 rings (SSSR count). The van der Waals surface area contributed by atoms with Crippen LogP contribution in [-0.2, 0) is 23.8 Å². The summed E-state index contributed by atoms with van der Waals surface area (Å²) >= 11 is 0. The summed E-state index contributed by atoms with van der Waals surface area (Å²) in [5.74, 6) is -1.43. The highest BCUT2D eigenvalue weighted by molar-refractivity contribution is 5.95. The number of aromatic nitrogens is 4. The number of carboxylic acids is 1. The van der Waals surface area contributed by atoms with Crippen LogP contribution in [0, 0.1) is 5.92 Å². The van der Waals surface area contributed by atoms with E-state index in [4.69, 9.17) is 14.2 Å². The van der Waals surface area contributed by atoms with E-state index in [1.807, 2.05) is 30.3 Å². The van der Waals surface area contributed by atoms with Crippen LogP contribution in [0.4, 0.5) is 10.6 Å². The molecule has 0 radical (unpaired) electrons. The number of nitrogens with one attached hydrogen (secondary N) is 2. The number of hydrogen-bond donors (Lipinski definition) is 3. The topological polar surface area (TPSA) is 170 Å². The standard InChI is InChI=1S/C27H31N7O7/c1-2-28-27(38)32-22-19-23(30-13-29-22)34(14-31-19)24-21-20(40-26(41-21)15-7-4-3-5-8-15)17(39-24)11-18(35)33-10-6-9-16(12-33)25(36)37/h3-5,7-8,13-14,16-17,20-21,24,26H,2,6,9-12H2,1H3,(H,36,37)(H2,28,29,30,32,38)/t16-,17?,20?,21?,24?,26-/m0/s1. The number of urea groups is 1. The number of imidazole rings is 1. The lowest BCUT2D eigenvalue weighted by molar-refractivity contribution is -0.157. The molecule has 2 aromatic heterocycles. The molecule has 0 saturated carbocycles. The zero-order chi connectivity index (χ0) is 28.5. The third-order valence-corrected chi connectivity index (χ3v) is 7.62. The zero-order valence-electron chi connectivity index (χ0n) is 22.4. The van der Waals surface area contributed by atoms with E-state index in [2.05, 4.69) is 25.6 Å². The Bertz CT molecular complexity index is 1430. The lowest BCUT2D eigenvalue weighted by Gasteiger charge is -2.31. The van der Waals surface area contributed by atoms with Crippen LogP contribution in [0.1, 0.15) is 44.3 Å². The van der Waals surface area contributed by atoms with Gasteiger partial charge in [0.25, 0.3) is 0 Å². The molecule has 3 aliphatic rings. The van der Waals surface area contributed by atoms with Crippen LogP contribution >= 0.6 is 0 Å². The summed E-state index contributed by atoms with van der Waals surface area (Å²) in [7, 11) is 0. The van der Waals surface area contributed by atoms with Gasteiger partial charge in [-0.3, -0.25) is 19.5 Å². The molecule has 3 saturated heterocycles. The molecule has 0 aliphatic carbocycles. The molecule has 14 heteroatoms. The van der Waals surface area contributed by atoms with Gasteiger partial charge in [-0.1, -0.05) is 30.3 Å². The van der Waals surface area contributed by atoms with Gasteiger partial charge in [-0.05, 0) is 19.8 Å². The fraction of sp³-hybridized carbons (Fsp3) is 0.481. The van der Waals surface area contributed by atoms with Gasteiger partial charge in [0.05, 0.1) is 24.8 Å². The Balaban J connectivity index is 1.27. The largest absolute Gasteiger partial charge is 0.481 e. The maximum absolute atomic E-state index is 13.3. The minimum atomic E-state index is -0.895. The third kappa shape index (κ3) is 5.33. The van der Waals surface area contributed by atoms with Crippen LogP contribution in [0.15, 0.2) is 43.0 Å². The van der Waals surface area contributed by atoms with Crippen LogP contribution in [0.5, 0.6) is 0 Å². The van der Waals surface area contributed by atoms with E-state index < -0.39 is 48.7 Å². The molecule has 3 fully saturated rings. The number of fused-ring (bicyclic) bond motifs is 2. The molecule has 0 bridgehead atoms. The van der Waals surface area contributed by atoms with Crippen molar-refractivity contribution in [1.29, 1.82) is 0 Å². The van der Waals surface area contributed by atoms with Gasteiger partial charge in [0.15, 0.2) is 29.5 Å². The summed E-state index contributed by atoms with van der Waals surface area (Å²) in [6.45, 7) is 2.93. The van der Waals surface area contributed by atoms with Gasteiger partial charge in [0, 0.05) is 25.2 Å². The number of benzene rings is 1. The van der Waals surface area contributed by atoms with Gasteiger partial charge < -0.3 is 29.5 Å². The Morgan fingerprint density at radius 1 is 1.07 bits per heavy atom. The highest BCUT2D eigenvalue weighted by atomic mass is 16.8. The number of hydrogen-bond acceptors (Lipinski definition) is 9. The first-order valence-electron chi connectivity index (χ1n) is 13.7. The Kier molecular flexibility index (Phi) is 7.51. The summed E-state index contributed by atoms with van der Waals surface area (Å²) in [5, 5.41) is 14.8. The van der Waals surface area contributed by atoms with Crippen molar-refractivity contribution in [2.45, 2.75) is 57.0 Å². The Morgan fingerprint density at radius 2 is 1.88 bits per heavy atom. The second-order valence-corrected chi connectivity index (χ2v) is 10.3. The van der Waals surface area contributed by atoms with Crippen molar-refractivity contribution < 1.29 is 33.7 Å². The molecule has 41 heavy (non-hydrogen) atoms. The van der Waals surface area contributed by atoms with Gasteiger partial charge >= 0.3 is 12.0 Å². The number of carbonyl (C=O) groups is 3. The minimum absolute atomic E-state index is 0.000480. The molecule has 1 aromatic carbocycles. The van der Waals surface area contributed by atoms with Crippen LogP contribution in [-0.4, -0.2) is 85.4 Å². The van der Waals surface area contributed by atoms with Crippen LogP contribution in [0.2, 0.25) is 0 Å². The van der Waals surface area contributed by atoms with E-state index in [1.54, 1.807) is 16.4 Å². The molecular formula is C27H31N7O7. The Morgan fingerprint density at radius 3 is 2.66 bits per heavy atom. The predicted octanol–water partition coefficient (Wildman–Crippen LogP) is 2.06. The second-order valence-electron chi connectivity index (χ2n) is 10.3. The van der Waals surface area contributed by atoms with E-state index in [0.717, 1.165) is 5.56 Å². The Hall–Kier alpha value is -4.14. The predicted molar refractivity (Wildman–Crippen MR) is 142 cm³/mol. The minimum Gasteiger partial charge on any atom is -0.481 e. The maximum Gasteiger partial charge on any atom is 0.320 e. The van der Waals surface area contributed by atoms with Crippen molar-refractivity contribution in [3.8, 4) is 0 Å². The molecule has 0 spiro atoms. The summed E-state index contributed by atoms with van der Waals surface area (Å²) in [4.78, 5) is 51.6. The van der Waals surface area contributed by atoms with Gasteiger partial charge in [0.1, 0.15) is 18.5 Å². The highest BCUT2D eigenvalue weighted by Crippen LogP contribution is 2.46. The second kappa shape index (κ2) is 11.4. The number of carboxylic acid groups (broad SMARTS) is 1. The number of anilines is 1. The van der Waals surface area contributed by atoms with Crippen LogP contribution < -0.4 is 10.6 Å². The lowest BCUT2D eigenvalue weighted by Crippen LogP contribution is -2.44. The van der Waals surface area contributed by atoms with E-state index in [9.17, 15) is 19.5 Å². The molecule has 3 aromatic rings. The van der Waals surface area contributed by atoms with Crippen molar-refractivity contribution in [1.82, 2.24) is 29.7 Å². The molecule has 5 heterocycles. The molecular weight excluding hydrogens is 534 g/mol. The molecule has 4 unspecified atom stereocenters. The van der Waals surface area contributed by atoms with Gasteiger partial charge in [-0.25, -0.2) is 19.7 Å². The Labute approximate surface area is 235 Å². The molecule has 216 valence electrons. The molecule has 3 N–H and O–H groups in total. The fourth-order valence-electron chi connectivity index (χ4n) is 5.64. The summed E-state index contributed by atoms with van der Waals surface area (Å²) in [5.41, 5.74) is 1.61. The van der Waals surface area contributed by atoms with Crippen molar-refractivity contribution in [2.24, 2.45) is 5.92 Å². The number of amides is 3. The third-order valence-electron chi connectivity index (χ3n) is 7.62. The average Bonchev–Trinajstić information content (AvgIpc) is 3.69. The highest BCUT2D eigenvalue weighted by Gasteiger charge is 2.54. The summed E-state index contributed by atoms with van der Waals surface area (Å²) in [6.07, 6.45) is 0.792. The van der Waals surface area contributed by atoms with E-state index in [1.165, 1.54) is 12.7 Å². The summed E-state index contributed by atoms with van der Waals surface area (Å²) in [6, 6.07) is 9.08. The van der Waals surface area contributed by atoms with Crippen molar-refractivity contribution >= 4 is 34.9 Å². The summed E-state index contributed by atoms with van der Waals surface area (Å²) < 4.78 is 20.8. The molecule has 6 atom stereocenters. The monoisotopic (exact) mass is 565 g/mol. The van der Waals surface area contributed by atoms with E-state index in [-0.39, 0.29) is 24.7 Å². The van der Waals surface area contributed by atoms with Gasteiger partial charge in [-0.15, -0.1) is 0 Å². The lowest BCUT2D eigenvalue weighted by atomic mass is 9.97. The van der Waals surface area contributed by atoms with E-state index >= 15 is 0 Å². The molecule has 14 nitrogen and oxygen atoms in total. The van der Waals surface area contributed by atoms with Crippen molar-refractivity contribution in [3.05, 3.63) is 48.5 Å². The number of rotatable bonds is 7. The number of aliphatic carboxylic acids is 1. The fourth-order valence-corrected chi connectivity index (χ4v) is 5.64. The SMILES string of the molecule is CCNC(=O)Nc1ncnc2c1ncn2C1OC(CC(=O)N2CCC[C@H](C(=O)O)C2)C2O[C@H](c3ccccc3)OC21. The maximum atomic E-state index is 13.3. The van der Waals surface area contributed by atoms with Gasteiger partial charge in [0.2, 0.25) is 5.91 Å². The molecule has 3 amide bonds. The number of piperidine rings is 1. The van der Waals surface area contributed by atoms with Gasteiger partial charge in [-0.2, -0.15) is 0 Å². The normalized spacial score (nSPS) is 27.5. The van der Waals surface area contributed by atoms with Crippen LogP contribution in [0.25, 0.3) is 11.2 Å². The number of ether oxygens (including phenoxy) is 3. The van der Waals surface area contributed by atoms with Crippen molar-refractivity contribution in [3.63, 3.8) is 0 Å². The average molecular weight is 566 g/mol. The number of likely N-dealkylation sites (tertiary alicyclic amines) is 1. The van der Waals surface area contributed by atoms with E-state index in [0.29, 0.717) is 37.1 Å². The number of nitrogens with zero attached hydrogens (tertiary/aromatic N) is 5. The quantitative estimate of drug-likeness (QED) is 0.385. The van der Waals surface area contributed by atoms with Crippen molar-refractivity contribution in [2.75, 3.05) is 25.0 Å². The first-order valence-corrected chi connectivity index (χ1v) is 13.7. The van der Waals surface area contributed by atoms with Crippen LogP contribution in [0.3, 0.4) is 0 Å². The number of carbonyl (C=O) groups excluding carboxylic acids is 2. The first-order chi connectivity index (χ1) is 19.9. The smallest absolute Gasteiger partial charge is 0.320 e. The molecule has 3 aliphatic heterocycles.